The Morgan fingerprint density at radius 1 is 0.484 bits per heavy atom. The number of hydrogen-bond acceptors (Lipinski definition) is 31. The maximum atomic E-state index is 13.5. The second kappa shape index (κ2) is 36.9. The quantitative estimate of drug-likeness (QED) is 0.0187. The molecule has 0 spiro atoms. The average molecular weight is 1320 g/mol. The van der Waals surface area contributed by atoms with E-state index in [4.69, 9.17) is 61.6 Å². The smallest absolute Gasteiger partial charge is 0.312 e. The lowest BCUT2D eigenvalue weighted by molar-refractivity contribution is -0.401. The molecule has 5 aliphatic heterocycles. The fourth-order valence-electron chi connectivity index (χ4n) is 11.0. The number of carbonyl (C=O) groups is 4. The molecule has 31 heteroatoms. The van der Waals surface area contributed by atoms with Crippen LogP contribution in [0.5, 0.6) is 0 Å². The van der Waals surface area contributed by atoms with E-state index in [2.05, 4.69) is 4.74 Å². The Kier molecular flexibility index (Phi) is 31.9. The van der Waals surface area contributed by atoms with Crippen LogP contribution < -0.4 is 0 Å². The van der Waals surface area contributed by atoms with Crippen molar-refractivity contribution in [2.45, 2.75) is 318 Å². The zero-order chi connectivity index (χ0) is 67.9. The molecule has 0 aromatic rings. The molecule has 31 nitrogen and oxygen atoms in total. The summed E-state index contributed by atoms with van der Waals surface area (Å²) in [7, 11) is 1.24. The fourth-order valence-corrected chi connectivity index (χ4v) is 11.0. The van der Waals surface area contributed by atoms with Crippen LogP contribution in [0, 0.1) is 17.8 Å². The van der Waals surface area contributed by atoms with E-state index >= 15 is 0 Å². The molecule has 0 aromatic carbocycles. The van der Waals surface area contributed by atoms with E-state index in [1.807, 2.05) is 6.92 Å². The molecular formula is C60H104O31. The number of hydrogen-bond donors (Lipinski definition) is 13. The van der Waals surface area contributed by atoms with Crippen LogP contribution in [0.3, 0.4) is 0 Å². The summed E-state index contributed by atoms with van der Waals surface area (Å²) in [6.07, 6.45) is -40.7. The van der Waals surface area contributed by atoms with Crippen molar-refractivity contribution in [1.29, 1.82) is 0 Å². The average Bonchev–Trinajstić information content (AvgIpc) is 0.792. The molecule has 5 saturated heterocycles. The van der Waals surface area contributed by atoms with Gasteiger partial charge in [-0.15, -0.1) is 0 Å². The van der Waals surface area contributed by atoms with Crippen LogP contribution in [0.1, 0.15) is 140 Å². The van der Waals surface area contributed by atoms with Crippen molar-refractivity contribution >= 4 is 23.9 Å². The van der Waals surface area contributed by atoms with Gasteiger partial charge in [0.2, 0.25) is 0 Å². The van der Waals surface area contributed by atoms with Crippen LogP contribution in [-0.2, 0) is 85.5 Å². The molecule has 0 saturated carbocycles. The molecular weight excluding hydrogens is 1220 g/mol. The van der Waals surface area contributed by atoms with Crippen molar-refractivity contribution in [1.82, 2.24) is 0 Å². The first kappa shape index (κ1) is 78.7. The summed E-state index contributed by atoms with van der Waals surface area (Å²) >= 11 is 0. The minimum Gasteiger partial charge on any atom is -0.469 e. The maximum absolute atomic E-state index is 13.5. The van der Waals surface area contributed by atoms with Crippen molar-refractivity contribution in [2.24, 2.45) is 17.8 Å². The summed E-state index contributed by atoms with van der Waals surface area (Å²) in [5, 5.41) is 144. The van der Waals surface area contributed by atoms with E-state index in [0.29, 0.717) is 51.4 Å². The largest absolute Gasteiger partial charge is 0.469 e. The molecule has 0 bridgehead atoms. The number of unbranched alkanes of at least 4 members (excludes halogenated alkanes) is 4. The minimum atomic E-state index is -2.06. The Balaban J connectivity index is 1.38. The maximum Gasteiger partial charge on any atom is 0.312 e. The van der Waals surface area contributed by atoms with E-state index in [-0.39, 0.29) is 6.42 Å². The van der Waals surface area contributed by atoms with Crippen molar-refractivity contribution in [2.75, 3.05) is 20.3 Å². The number of rotatable bonds is 33. The van der Waals surface area contributed by atoms with E-state index in [9.17, 15) is 85.6 Å². The molecule has 13 N–H and O–H groups in total. The zero-order valence-corrected chi connectivity index (χ0v) is 53.8. The topological polar surface area (TPSA) is 460 Å². The summed E-state index contributed by atoms with van der Waals surface area (Å²) in [4.78, 5) is 50.8. The van der Waals surface area contributed by atoms with E-state index in [1.54, 1.807) is 13.8 Å². The summed E-state index contributed by atoms with van der Waals surface area (Å²) in [5.41, 5.74) is 0. The predicted octanol–water partition coefficient (Wildman–Crippen LogP) is -2.26. The van der Waals surface area contributed by atoms with Crippen molar-refractivity contribution in [3.05, 3.63) is 0 Å². The monoisotopic (exact) mass is 1320 g/mol. The van der Waals surface area contributed by atoms with Crippen molar-refractivity contribution < 1.29 is 152 Å². The third-order valence-electron chi connectivity index (χ3n) is 17.7. The molecule has 0 aliphatic carbocycles. The van der Waals surface area contributed by atoms with Gasteiger partial charge in [0.15, 0.2) is 43.7 Å². The SMILES string of the molecule is CCCC(CCCCCCCC(O)CC(=O)OC)OC1OC(COC2OC(C)C(OC(=O)C(C)C(C)OC(=O)C(C)C(C)O)C(O)C2O)C(O)C(O)C1OC1OC(CO)C(O)C(O)C1OC1OC(C)C(OC2OC(C)C(O)C(O)C2O)C(OC(=O)C(C)CC)C1O. The number of ether oxygens (including phenoxy) is 14. The van der Waals surface area contributed by atoms with Gasteiger partial charge in [-0.25, -0.2) is 0 Å². The molecule has 5 heterocycles. The Bertz CT molecular complexity index is 2180. The molecule has 0 radical (unpaired) electrons. The third-order valence-corrected chi connectivity index (χ3v) is 17.7. The Labute approximate surface area is 530 Å². The summed E-state index contributed by atoms with van der Waals surface area (Å²) in [6, 6.07) is 0. The highest BCUT2D eigenvalue weighted by molar-refractivity contribution is 5.76. The van der Waals surface area contributed by atoms with Gasteiger partial charge < -0.3 is 133 Å². The molecule has 32 unspecified atom stereocenters. The van der Waals surface area contributed by atoms with E-state index < -0.39 is 233 Å². The van der Waals surface area contributed by atoms with Crippen LogP contribution >= 0.6 is 0 Å². The van der Waals surface area contributed by atoms with Gasteiger partial charge in [-0.3, -0.25) is 19.2 Å². The van der Waals surface area contributed by atoms with Gasteiger partial charge in [0.05, 0.1) is 81.1 Å². The lowest BCUT2D eigenvalue weighted by atomic mass is 9.95. The highest BCUT2D eigenvalue weighted by Crippen LogP contribution is 2.38. The number of carbonyl (C=O) groups excluding carboxylic acids is 4. The fraction of sp³-hybridized carbons (Fsp3) is 0.933. The van der Waals surface area contributed by atoms with Crippen molar-refractivity contribution in [3.63, 3.8) is 0 Å². The molecule has 91 heavy (non-hydrogen) atoms. The van der Waals surface area contributed by atoms with Gasteiger partial charge in [-0.05, 0) is 74.1 Å². The van der Waals surface area contributed by atoms with Gasteiger partial charge >= 0.3 is 23.9 Å². The first-order valence-corrected chi connectivity index (χ1v) is 31.9. The lowest BCUT2D eigenvalue weighted by Crippen LogP contribution is -2.67. The van der Waals surface area contributed by atoms with Gasteiger partial charge in [0.25, 0.3) is 0 Å². The number of esters is 4. The minimum absolute atomic E-state index is 0.117. The molecule has 5 aliphatic rings. The Morgan fingerprint density at radius 2 is 1.00 bits per heavy atom. The highest BCUT2D eigenvalue weighted by atomic mass is 16.8. The summed E-state index contributed by atoms with van der Waals surface area (Å²) < 4.78 is 82.6. The normalized spacial score (nSPS) is 39.5. The zero-order valence-electron chi connectivity index (χ0n) is 53.8. The molecule has 5 fully saturated rings. The van der Waals surface area contributed by atoms with Gasteiger partial charge in [-0.2, -0.15) is 0 Å². The molecule has 530 valence electrons. The first-order valence-electron chi connectivity index (χ1n) is 31.9. The molecule has 0 amide bonds. The Hall–Kier alpha value is -3.04. The second-order valence-corrected chi connectivity index (χ2v) is 24.8. The van der Waals surface area contributed by atoms with E-state index in [0.717, 1.165) is 12.8 Å². The van der Waals surface area contributed by atoms with Crippen molar-refractivity contribution in [3.8, 4) is 0 Å². The van der Waals surface area contributed by atoms with Gasteiger partial charge in [0, 0.05) is 0 Å². The van der Waals surface area contributed by atoms with Crippen LogP contribution in [0.4, 0.5) is 0 Å². The standard InChI is InChI=1S/C60H104O31/c1-12-19-34(21-18-16-14-15-17-20-33(63)22-37(64)78-11)84-59-51(43(70)40(67)36(86-59)24-79-56-46(73)44(71)48(31(9)82-56)87-55(77)27(5)29(7)80-54(76)26(4)28(6)62)91-60-52(42(69)39(66)35(23-61)85-60)90-58-47(74)50(88-53(75)25(3)13-2)49(32(10)83-58)89-57-45(72)41(68)38(65)30(8)81-57/h25-36,38-52,56-63,65-74H,12-24H2,1-11H3. The van der Waals surface area contributed by atoms with Gasteiger partial charge in [0.1, 0.15) is 97.7 Å². The molecule has 0 aromatic heterocycles. The van der Waals surface area contributed by atoms with Crippen LogP contribution in [0.15, 0.2) is 0 Å². The summed E-state index contributed by atoms with van der Waals surface area (Å²) in [6.45, 7) is 13.5. The third kappa shape index (κ3) is 21.0. The second-order valence-electron chi connectivity index (χ2n) is 24.8. The van der Waals surface area contributed by atoms with Crippen LogP contribution in [0.2, 0.25) is 0 Å². The molecule has 32 atom stereocenters. The van der Waals surface area contributed by atoms with E-state index in [1.165, 1.54) is 55.6 Å². The number of methoxy groups -OCH3 is 1. The number of aliphatic hydroxyl groups is 13. The molecule has 5 rings (SSSR count). The summed E-state index contributed by atoms with van der Waals surface area (Å²) in [5.74, 6) is -5.68. The van der Waals surface area contributed by atoms with Crippen LogP contribution in [-0.4, -0.2) is 289 Å². The predicted molar refractivity (Wildman–Crippen MR) is 308 cm³/mol. The number of aliphatic hydroxyl groups excluding tert-OH is 13. The van der Waals surface area contributed by atoms with Crippen LogP contribution in [0.25, 0.3) is 0 Å². The highest BCUT2D eigenvalue weighted by Gasteiger charge is 2.57. The van der Waals surface area contributed by atoms with Gasteiger partial charge in [-0.1, -0.05) is 59.3 Å². The lowest BCUT2D eigenvalue weighted by Gasteiger charge is -2.50. The Morgan fingerprint density at radius 3 is 1.62 bits per heavy atom. The first-order chi connectivity index (χ1) is 42.9.